The topological polar surface area (TPSA) is 41.6 Å². The number of carbonyl (C=O) groups excluding carboxylic acids is 1. The van der Waals surface area contributed by atoms with Crippen molar-refractivity contribution >= 4 is 17.3 Å². The summed E-state index contributed by atoms with van der Waals surface area (Å²) in [5.41, 5.74) is 4.81. The van der Waals surface area contributed by atoms with E-state index in [0.29, 0.717) is 19.6 Å². The summed E-state index contributed by atoms with van der Waals surface area (Å²) >= 11 is 0. The van der Waals surface area contributed by atoms with Crippen LogP contribution in [0.25, 0.3) is 0 Å². The van der Waals surface area contributed by atoms with Gasteiger partial charge in [0.2, 0.25) is 5.91 Å². The lowest BCUT2D eigenvalue weighted by Crippen LogP contribution is -2.24. The van der Waals surface area contributed by atoms with Crippen molar-refractivity contribution in [3.63, 3.8) is 0 Å². The molecule has 2 aromatic rings. The molecule has 0 spiro atoms. The van der Waals surface area contributed by atoms with Gasteiger partial charge in [-0.05, 0) is 55.0 Å². The van der Waals surface area contributed by atoms with Gasteiger partial charge in [0, 0.05) is 25.1 Å². The third kappa shape index (κ3) is 5.28. The second-order valence-electron chi connectivity index (χ2n) is 9.08. The highest BCUT2D eigenvalue weighted by Crippen LogP contribution is 2.41. The molecule has 1 amide bonds. The highest BCUT2D eigenvalue weighted by Gasteiger charge is 2.24. The molecule has 0 saturated carbocycles. The number of benzene rings is 2. The van der Waals surface area contributed by atoms with Crippen LogP contribution in [0.15, 0.2) is 30.3 Å². The third-order valence-corrected chi connectivity index (χ3v) is 5.10. The van der Waals surface area contributed by atoms with Gasteiger partial charge in [-0.3, -0.25) is 4.79 Å². The monoisotopic (exact) mass is 398 g/mol. The van der Waals surface area contributed by atoms with Crippen molar-refractivity contribution in [2.75, 3.05) is 23.4 Å². The second-order valence-corrected chi connectivity index (χ2v) is 9.08. The number of rotatable bonds is 4. The maximum absolute atomic E-state index is 13.3. The van der Waals surface area contributed by atoms with E-state index in [2.05, 4.69) is 37.1 Å². The molecule has 0 bridgehead atoms. The Balaban J connectivity index is 1.91. The predicted molar refractivity (Wildman–Crippen MR) is 116 cm³/mol. The molecule has 0 aliphatic carbocycles. The Morgan fingerprint density at radius 1 is 1.21 bits per heavy atom. The van der Waals surface area contributed by atoms with Crippen LogP contribution in [-0.4, -0.2) is 19.1 Å². The highest BCUT2D eigenvalue weighted by atomic mass is 19.1. The van der Waals surface area contributed by atoms with Gasteiger partial charge in [0.05, 0.1) is 18.0 Å². The number of aryl methyl sites for hydroxylation is 1. The van der Waals surface area contributed by atoms with E-state index < -0.39 is 0 Å². The Hall–Kier alpha value is -2.56. The Bertz CT molecular complexity index is 885. The minimum absolute atomic E-state index is 0.0143. The van der Waals surface area contributed by atoms with Crippen molar-refractivity contribution in [1.82, 2.24) is 0 Å². The van der Waals surface area contributed by atoms with Gasteiger partial charge >= 0.3 is 0 Å². The number of hydrogen-bond acceptors (Lipinski definition) is 3. The van der Waals surface area contributed by atoms with E-state index in [0.717, 1.165) is 46.8 Å². The Kier molecular flexibility index (Phi) is 6.15. The summed E-state index contributed by atoms with van der Waals surface area (Å²) in [5, 5.41) is 3.10. The number of halogens is 1. The maximum Gasteiger partial charge on any atom is 0.224 e. The molecule has 0 aromatic heterocycles. The van der Waals surface area contributed by atoms with Gasteiger partial charge in [-0.1, -0.05) is 32.9 Å². The summed E-state index contributed by atoms with van der Waals surface area (Å²) in [7, 11) is 0. The largest absolute Gasteiger partial charge is 0.491 e. The summed E-state index contributed by atoms with van der Waals surface area (Å²) < 4.78 is 19.3. The van der Waals surface area contributed by atoms with Crippen molar-refractivity contribution < 1.29 is 13.9 Å². The molecule has 5 heteroatoms. The van der Waals surface area contributed by atoms with Crippen LogP contribution in [0, 0.1) is 25.1 Å². The second kappa shape index (κ2) is 8.44. The molecule has 4 nitrogen and oxygen atoms in total. The molecule has 2 aromatic carbocycles. The van der Waals surface area contributed by atoms with Crippen molar-refractivity contribution in [2.24, 2.45) is 5.41 Å². The van der Waals surface area contributed by atoms with Crippen molar-refractivity contribution in [3.8, 4) is 5.75 Å². The van der Waals surface area contributed by atoms with E-state index in [1.54, 1.807) is 0 Å². The van der Waals surface area contributed by atoms with E-state index in [1.165, 1.54) is 12.1 Å². The zero-order valence-corrected chi connectivity index (χ0v) is 18.1. The molecule has 3 rings (SSSR count). The fourth-order valence-electron chi connectivity index (χ4n) is 3.74. The number of hydrogen-bond donors (Lipinski definition) is 1. The zero-order valence-electron chi connectivity index (χ0n) is 18.1. The average Bonchev–Trinajstić information content (AvgIpc) is 2.82. The molecule has 0 radical (unpaired) electrons. The SMILES string of the molecule is Cc1cc2c(c(C)c1NC(=O)CC(C)(C)C)OCCCN2Cc1ccc(F)cc1. The first kappa shape index (κ1) is 21.2. The van der Waals surface area contributed by atoms with Crippen LogP contribution in [0.2, 0.25) is 0 Å². The molecule has 29 heavy (non-hydrogen) atoms. The van der Waals surface area contributed by atoms with E-state index in [-0.39, 0.29) is 17.1 Å². The van der Waals surface area contributed by atoms with E-state index in [9.17, 15) is 9.18 Å². The number of ether oxygens (including phenoxy) is 1. The fraction of sp³-hybridized carbons (Fsp3) is 0.458. The van der Waals surface area contributed by atoms with Crippen LogP contribution in [0.5, 0.6) is 5.75 Å². The van der Waals surface area contributed by atoms with Crippen LogP contribution in [0.3, 0.4) is 0 Å². The lowest BCUT2D eigenvalue weighted by Gasteiger charge is -2.27. The summed E-state index contributed by atoms with van der Waals surface area (Å²) in [5.74, 6) is 0.609. The number of nitrogens with zero attached hydrogens (tertiary/aromatic N) is 1. The summed E-state index contributed by atoms with van der Waals surface area (Å²) in [4.78, 5) is 14.8. The highest BCUT2D eigenvalue weighted by molar-refractivity contribution is 5.94. The Morgan fingerprint density at radius 3 is 2.55 bits per heavy atom. The van der Waals surface area contributed by atoms with Gasteiger partial charge < -0.3 is 15.0 Å². The molecule has 0 atom stereocenters. The molecule has 0 unspecified atom stereocenters. The number of amides is 1. The number of nitrogens with one attached hydrogen (secondary N) is 1. The summed E-state index contributed by atoms with van der Waals surface area (Å²) in [6.07, 6.45) is 1.36. The van der Waals surface area contributed by atoms with Crippen LogP contribution in [-0.2, 0) is 11.3 Å². The smallest absolute Gasteiger partial charge is 0.224 e. The quantitative estimate of drug-likeness (QED) is 0.728. The van der Waals surface area contributed by atoms with Gasteiger partial charge in [0.25, 0.3) is 0 Å². The van der Waals surface area contributed by atoms with Crippen molar-refractivity contribution in [1.29, 1.82) is 0 Å². The Labute approximate surface area is 173 Å². The van der Waals surface area contributed by atoms with Crippen LogP contribution in [0.4, 0.5) is 15.8 Å². The van der Waals surface area contributed by atoms with Gasteiger partial charge in [-0.25, -0.2) is 4.39 Å². The average molecular weight is 399 g/mol. The molecule has 1 heterocycles. The fourth-order valence-corrected chi connectivity index (χ4v) is 3.74. The Morgan fingerprint density at radius 2 is 1.90 bits per heavy atom. The zero-order chi connectivity index (χ0) is 21.2. The van der Waals surface area contributed by atoms with E-state index in [4.69, 9.17) is 4.74 Å². The van der Waals surface area contributed by atoms with Crippen LogP contribution >= 0.6 is 0 Å². The van der Waals surface area contributed by atoms with Crippen LogP contribution in [0.1, 0.15) is 50.3 Å². The first-order valence-corrected chi connectivity index (χ1v) is 10.2. The minimum atomic E-state index is -0.226. The molecule has 156 valence electrons. The third-order valence-electron chi connectivity index (χ3n) is 5.10. The molecule has 1 aliphatic heterocycles. The molecule has 0 saturated heterocycles. The van der Waals surface area contributed by atoms with E-state index in [1.807, 2.05) is 26.0 Å². The predicted octanol–water partition coefficient (Wildman–Crippen LogP) is 5.61. The molecular weight excluding hydrogens is 367 g/mol. The summed E-state index contributed by atoms with van der Waals surface area (Å²) in [6, 6.07) is 8.72. The number of anilines is 2. The van der Waals surface area contributed by atoms with Gasteiger partial charge in [0.15, 0.2) is 0 Å². The lowest BCUT2D eigenvalue weighted by molar-refractivity contribution is -0.117. The van der Waals surface area contributed by atoms with E-state index >= 15 is 0 Å². The van der Waals surface area contributed by atoms with Gasteiger partial charge in [-0.2, -0.15) is 0 Å². The van der Waals surface area contributed by atoms with Gasteiger partial charge in [0.1, 0.15) is 11.6 Å². The minimum Gasteiger partial charge on any atom is -0.491 e. The molecule has 1 N–H and O–H groups in total. The van der Waals surface area contributed by atoms with Gasteiger partial charge in [-0.15, -0.1) is 0 Å². The number of carbonyl (C=O) groups is 1. The number of fused-ring (bicyclic) bond motifs is 1. The van der Waals surface area contributed by atoms with Crippen molar-refractivity contribution in [3.05, 3.63) is 52.8 Å². The lowest BCUT2D eigenvalue weighted by atomic mass is 9.92. The normalized spacial score (nSPS) is 14.1. The first-order chi connectivity index (χ1) is 13.6. The van der Waals surface area contributed by atoms with Crippen molar-refractivity contribution in [2.45, 2.75) is 54.0 Å². The maximum atomic E-state index is 13.3. The molecular formula is C24H31FN2O2. The first-order valence-electron chi connectivity index (χ1n) is 10.2. The van der Waals surface area contributed by atoms with Crippen LogP contribution < -0.4 is 15.0 Å². The molecule has 1 aliphatic rings. The summed E-state index contributed by atoms with van der Waals surface area (Å²) in [6.45, 7) is 12.4. The standard InChI is InChI=1S/C24H31FN2O2/c1-16-13-20-23(17(2)22(16)26-21(28)14-24(3,4)5)29-12-6-11-27(20)15-18-7-9-19(25)10-8-18/h7-10,13H,6,11-12,14-15H2,1-5H3,(H,26,28). The molecule has 0 fully saturated rings.